The number of Topliss-reactive ketones (excluding diaryl/α,β-unsaturated/α-hetero) is 2. The smallest absolute Gasteiger partial charge is 0.323 e. The molecule has 13 heteroatoms. The summed E-state index contributed by atoms with van der Waals surface area (Å²) in [4.78, 5) is 53.8. The summed E-state index contributed by atoms with van der Waals surface area (Å²) in [5.74, 6) is -7.06. The average molecular weight is 678 g/mol. The number of aliphatic hydroxyl groups is 3. The fourth-order valence-corrected chi connectivity index (χ4v) is 7.62. The van der Waals surface area contributed by atoms with Crippen LogP contribution in [0.15, 0.2) is 47.2 Å². The first-order chi connectivity index (χ1) is 23.1. The minimum Gasteiger partial charge on any atom is -0.508 e. The van der Waals surface area contributed by atoms with Crippen molar-refractivity contribution >= 4 is 29.2 Å². The van der Waals surface area contributed by atoms with Crippen LogP contribution in [0.4, 0.5) is 0 Å². The number of hydrogen-bond donors (Lipinski definition) is 6. The molecule has 0 heterocycles. The van der Waals surface area contributed by atoms with Gasteiger partial charge >= 0.3 is 5.97 Å². The number of aliphatic hydroxyl groups excluding tert-OH is 2. The number of nitrogens with two attached hydrogens (primary N) is 1. The van der Waals surface area contributed by atoms with Crippen LogP contribution in [0.25, 0.3) is 16.9 Å². The number of amides is 1. The summed E-state index contributed by atoms with van der Waals surface area (Å²) >= 11 is 0. The van der Waals surface area contributed by atoms with Crippen molar-refractivity contribution in [3.63, 3.8) is 0 Å². The zero-order chi connectivity index (χ0) is 36.1. The minimum absolute atomic E-state index is 0.0263. The Labute approximate surface area is 284 Å². The van der Waals surface area contributed by atoms with Crippen molar-refractivity contribution in [2.45, 2.75) is 57.8 Å². The number of phenols is 1. The third-order valence-electron chi connectivity index (χ3n) is 9.89. The van der Waals surface area contributed by atoms with Gasteiger partial charge in [-0.1, -0.05) is 26.0 Å². The number of nitrogens with zero attached hydrogens (tertiary/aromatic N) is 1. The number of primary amides is 1. The SMILES string of the molecule is CCOC(=O)C(NCc1ccc(OC)c(-c2ccc(O)c3c2C[C@H]2C[C@H]4[C@@H](N(C)C)C(=O)C(C(N)=O)=C(O)[C@@]4(O)C(=O)C2=C3O)c1)C(C)C. The summed E-state index contributed by atoms with van der Waals surface area (Å²) < 4.78 is 10.9. The van der Waals surface area contributed by atoms with Crippen molar-refractivity contribution in [2.75, 3.05) is 27.8 Å². The minimum atomic E-state index is -2.72. The fraction of sp³-hybridized carbons (Fsp3) is 0.444. The Kier molecular flexibility index (Phi) is 9.66. The Morgan fingerprint density at radius 2 is 1.80 bits per heavy atom. The number of phenolic OH excluding ortho intramolecular Hbond substituents is 1. The van der Waals surface area contributed by atoms with Crippen molar-refractivity contribution in [1.82, 2.24) is 10.2 Å². The molecular formula is C36H43N3O10. The van der Waals surface area contributed by atoms with Crippen LogP contribution in [0.3, 0.4) is 0 Å². The van der Waals surface area contributed by atoms with E-state index in [4.69, 9.17) is 15.2 Å². The summed E-state index contributed by atoms with van der Waals surface area (Å²) in [6, 6.07) is 6.82. The number of methoxy groups -OCH3 is 1. The van der Waals surface area contributed by atoms with Gasteiger partial charge < -0.3 is 41.0 Å². The molecule has 0 aliphatic heterocycles. The maximum Gasteiger partial charge on any atom is 0.323 e. The average Bonchev–Trinajstić information content (AvgIpc) is 3.02. The molecule has 13 nitrogen and oxygen atoms in total. The van der Waals surface area contributed by atoms with Gasteiger partial charge in [0, 0.05) is 23.6 Å². The second-order valence-electron chi connectivity index (χ2n) is 13.3. The first kappa shape index (κ1) is 35.6. The molecule has 0 radical (unpaired) electrons. The Balaban J connectivity index is 1.62. The molecule has 7 N–H and O–H groups in total. The number of fused-ring (bicyclic) bond motifs is 3. The normalized spacial score (nSPS) is 24.1. The van der Waals surface area contributed by atoms with Crippen molar-refractivity contribution < 1.29 is 49.1 Å². The van der Waals surface area contributed by atoms with Crippen LogP contribution in [0, 0.1) is 17.8 Å². The van der Waals surface area contributed by atoms with Crippen molar-refractivity contribution in [2.24, 2.45) is 23.5 Å². The number of aromatic hydroxyl groups is 1. The molecule has 0 bridgehead atoms. The molecule has 1 unspecified atom stereocenters. The summed E-state index contributed by atoms with van der Waals surface area (Å²) in [6.45, 7) is 6.16. The number of hydrogen-bond acceptors (Lipinski definition) is 12. The molecule has 5 rings (SSSR count). The van der Waals surface area contributed by atoms with E-state index in [9.17, 15) is 39.6 Å². The van der Waals surface area contributed by atoms with Gasteiger partial charge in [-0.25, -0.2) is 0 Å². The zero-order valence-corrected chi connectivity index (χ0v) is 28.4. The van der Waals surface area contributed by atoms with Gasteiger partial charge in [-0.05, 0) is 80.6 Å². The van der Waals surface area contributed by atoms with E-state index < -0.39 is 64.1 Å². The van der Waals surface area contributed by atoms with Gasteiger partial charge in [-0.15, -0.1) is 0 Å². The third-order valence-corrected chi connectivity index (χ3v) is 9.89. The summed E-state index contributed by atoms with van der Waals surface area (Å²) in [5.41, 5.74) is 4.09. The maximum absolute atomic E-state index is 14.2. The predicted molar refractivity (Wildman–Crippen MR) is 178 cm³/mol. The van der Waals surface area contributed by atoms with E-state index in [0.29, 0.717) is 29.0 Å². The number of esters is 1. The summed E-state index contributed by atoms with van der Waals surface area (Å²) in [6.07, 6.45) is 0.0780. The van der Waals surface area contributed by atoms with Crippen LogP contribution < -0.4 is 15.8 Å². The maximum atomic E-state index is 14.2. The number of ketones is 2. The molecule has 3 aliphatic carbocycles. The van der Waals surface area contributed by atoms with E-state index in [1.807, 2.05) is 26.0 Å². The second kappa shape index (κ2) is 13.3. The lowest BCUT2D eigenvalue weighted by atomic mass is 9.57. The largest absolute Gasteiger partial charge is 0.508 e. The van der Waals surface area contributed by atoms with Crippen LogP contribution in [-0.2, 0) is 36.9 Å². The highest BCUT2D eigenvalue weighted by Crippen LogP contribution is 2.54. The summed E-state index contributed by atoms with van der Waals surface area (Å²) in [7, 11) is 4.61. The molecule has 5 atom stereocenters. The van der Waals surface area contributed by atoms with Gasteiger partial charge in [0.05, 0.1) is 25.3 Å². The van der Waals surface area contributed by atoms with E-state index in [-0.39, 0.29) is 48.2 Å². The molecule has 1 amide bonds. The monoisotopic (exact) mass is 677 g/mol. The highest BCUT2D eigenvalue weighted by atomic mass is 16.5. The zero-order valence-electron chi connectivity index (χ0n) is 28.4. The van der Waals surface area contributed by atoms with E-state index >= 15 is 0 Å². The molecule has 49 heavy (non-hydrogen) atoms. The van der Waals surface area contributed by atoms with Crippen molar-refractivity contribution in [3.05, 3.63) is 63.9 Å². The molecule has 1 fully saturated rings. The van der Waals surface area contributed by atoms with Gasteiger partial charge in [0.1, 0.15) is 34.6 Å². The van der Waals surface area contributed by atoms with E-state index in [1.165, 1.54) is 18.1 Å². The second-order valence-corrected chi connectivity index (χ2v) is 13.3. The van der Waals surface area contributed by atoms with Gasteiger partial charge in [-0.2, -0.15) is 0 Å². The topological polar surface area (TPSA) is 209 Å². The van der Waals surface area contributed by atoms with E-state index in [2.05, 4.69) is 5.32 Å². The lowest BCUT2D eigenvalue weighted by molar-refractivity contribution is -0.153. The number of nitrogens with one attached hydrogen (secondary N) is 1. The molecular weight excluding hydrogens is 634 g/mol. The van der Waals surface area contributed by atoms with Crippen LogP contribution in [0.5, 0.6) is 11.5 Å². The van der Waals surface area contributed by atoms with Gasteiger partial charge in [0.15, 0.2) is 11.4 Å². The lowest BCUT2D eigenvalue weighted by Gasteiger charge is -2.50. The van der Waals surface area contributed by atoms with Crippen LogP contribution in [-0.4, -0.2) is 94.3 Å². The molecule has 262 valence electrons. The number of carbonyl (C=O) groups excluding carboxylic acids is 4. The van der Waals surface area contributed by atoms with Gasteiger partial charge in [0.2, 0.25) is 5.78 Å². The standard InChI is InChI=1S/C36H43N3O10/c1-7-49-35(46)28(16(2)3)38-15-17-8-11-24(48-6)20(12-17)19-9-10-23(40)26-21(19)13-18-14-22-29(39(4)5)31(42)27(34(37)45)33(44)36(22,47)32(43)25(18)30(26)41/h8-12,16,18,22,28-29,38,40-41,44,47H,7,13-15H2,1-6H3,(H2,37,45)/t18-,22-,28?,29+,36-/m0/s1. The first-order valence-corrected chi connectivity index (χ1v) is 16.2. The van der Waals surface area contributed by atoms with Gasteiger partial charge in [-0.3, -0.25) is 24.1 Å². The summed E-state index contributed by atoms with van der Waals surface area (Å²) in [5, 5.41) is 48.9. The Hall–Kier alpha value is -4.72. The number of benzene rings is 2. The molecule has 2 aromatic carbocycles. The van der Waals surface area contributed by atoms with Crippen molar-refractivity contribution in [3.8, 4) is 22.6 Å². The number of ether oxygens (including phenoxy) is 2. The molecule has 0 spiro atoms. The highest BCUT2D eigenvalue weighted by molar-refractivity contribution is 6.24. The molecule has 2 aromatic rings. The number of likely N-dealkylation sites (N-methyl/N-ethyl adjacent to an activating group) is 1. The Morgan fingerprint density at radius 1 is 1.10 bits per heavy atom. The molecule has 0 aromatic heterocycles. The Bertz CT molecular complexity index is 1790. The highest BCUT2D eigenvalue weighted by Gasteiger charge is 2.64. The number of rotatable bonds is 10. The van der Waals surface area contributed by atoms with Crippen LogP contribution in [0.2, 0.25) is 0 Å². The lowest BCUT2D eigenvalue weighted by Crippen LogP contribution is -2.65. The van der Waals surface area contributed by atoms with Crippen molar-refractivity contribution in [1.29, 1.82) is 0 Å². The third kappa shape index (κ3) is 5.75. The predicted octanol–water partition coefficient (Wildman–Crippen LogP) is 2.32. The first-order valence-electron chi connectivity index (χ1n) is 16.2. The van der Waals surface area contributed by atoms with Gasteiger partial charge in [0.25, 0.3) is 5.91 Å². The van der Waals surface area contributed by atoms with Crippen LogP contribution in [0.1, 0.15) is 43.9 Å². The molecule has 1 saturated carbocycles. The number of carbonyl (C=O) groups is 4. The van der Waals surface area contributed by atoms with Crippen LogP contribution >= 0.6 is 0 Å². The Morgan fingerprint density at radius 3 is 2.39 bits per heavy atom. The van der Waals surface area contributed by atoms with E-state index in [1.54, 1.807) is 33.2 Å². The van der Waals surface area contributed by atoms with E-state index in [0.717, 1.165) is 5.56 Å². The quantitative estimate of drug-likeness (QED) is 0.158. The molecule has 3 aliphatic rings. The molecule has 0 saturated heterocycles. The fourth-order valence-electron chi connectivity index (χ4n) is 7.62.